The molecule has 5 heteroatoms. The molecule has 1 aliphatic heterocycles. The molecule has 0 radical (unpaired) electrons. The molecule has 1 aliphatic carbocycles. The summed E-state index contributed by atoms with van der Waals surface area (Å²) in [4.78, 5) is 10.7. The summed E-state index contributed by atoms with van der Waals surface area (Å²) >= 11 is 0. The first-order valence-corrected chi connectivity index (χ1v) is 6.78. The number of nitro groups is 1. The van der Waals surface area contributed by atoms with Gasteiger partial charge in [0.05, 0.1) is 17.1 Å². The van der Waals surface area contributed by atoms with E-state index in [1.165, 1.54) is 12.8 Å². The van der Waals surface area contributed by atoms with Gasteiger partial charge in [0.15, 0.2) is 0 Å². The summed E-state index contributed by atoms with van der Waals surface area (Å²) < 4.78 is 5.76. The Morgan fingerprint density at radius 2 is 2.16 bits per heavy atom. The van der Waals surface area contributed by atoms with E-state index in [0.29, 0.717) is 11.6 Å². The van der Waals surface area contributed by atoms with Gasteiger partial charge in [0.25, 0.3) is 5.69 Å². The van der Waals surface area contributed by atoms with Gasteiger partial charge in [-0.1, -0.05) is 6.07 Å². The molecule has 0 amide bonds. The van der Waals surface area contributed by atoms with Gasteiger partial charge in [0.2, 0.25) is 0 Å². The average Bonchev–Trinajstić information content (AvgIpc) is 3.10. The number of nitrogens with one attached hydrogen (secondary N) is 1. The van der Waals surface area contributed by atoms with Crippen molar-refractivity contribution in [1.82, 2.24) is 0 Å². The van der Waals surface area contributed by atoms with E-state index in [1.54, 1.807) is 12.1 Å². The summed E-state index contributed by atoms with van der Waals surface area (Å²) in [5.74, 6) is 0.642. The Hall–Kier alpha value is -1.62. The molecule has 19 heavy (non-hydrogen) atoms. The molecule has 2 fully saturated rings. The van der Waals surface area contributed by atoms with Crippen LogP contribution in [0.5, 0.6) is 0 Å². The molecule has 5 nitrogen and oxygen atoms in total. The van der Waals surface area contributed by atoms with Crippen LogP contribution >= 0.6 is 0 Å². The third-order valence-corrected chi connectivity index (χ3v) is 3.91. The van der Waals surface area contributed by atoms with Crippen LogP contribution in [0.15, 0.2) is 18.2 Å². The van der Waals surface area contributed by atoms with Gasteiger partial charge in [0, 0.05) is 12.7 Å². The van der Waals surface area contributed by atoms with Gasteiger partial charge in [-0.2, -0.15) is 0 Å². The summed E-state index contributed by atoms with van der Waals surface area (Å²) in [5.41, 5.74) is 1.79. The summed E-state index contributed by atoms with van der Waals surface area (Å²) in [6, 6.07) is 5.39. The van der Waals surface area contributed by atoms with Gasteiger partial charge in [-0.25, -0.2) is 0 Å². The number of rotatable bonds is 4. The SMILES string of the molecule is Cc1ccc([N+](=O)[O-])c(NC2CCOC2C2CC2)c1. The zero-order chi connectivity index (χ0) is 13.4. The zero-order valence-electron chi connectivity index (χ0n) is 11.0. The molecule has 3 rings (SSSR count). The van der Waals surface area contributed by atoms with Crippen LogP contribution in [0.3, 0.4) is 0 Å². The van der Waals surface area contributed by atoms with Crippen molar-refractivity contribution in [3.8, 4) is 0 Å². The van der Waals surface area contributed by atoms with Crippen LogP contribution in [0.4, 0.5) is 11.4 Å². The number of aryl methyl sites for hydroxylation is 1. The largest absolute Gasteiger partial charge is 0.376 e. The van der Waals surface area contributed by atoms with Gasteiger partial charge in [-0.05, 0) is 43.7 Å². The molecule has 2 atom stereocenters. The monoisotopic (exact) mass is 262 g/mol. The summed E-state index contributed by atoms with van der Waals surface area (Å²) in [6.07, 6.45) is 3.59. The predicted molar refractivity (Wildman–Crippen MR) is 72.3 cm³/mol. The van der Waals surface area contributed by atoms with Crippen molar-refractivity contribution < 1.29 is 9.66 Å². The molecule has 2 unspecified atom stereocenters. The minimum atomic E-state index is -0.330. The smallest absolute Gasteiger partial charge is 0.292 e. The molecule has 0 aromatic heterocycles. The van der Waals surface area contributed by atoms with E-state index in [9.17, 15) is 10.1 Å². The molecule has 1 aromatic carbocycles. The maximum Gasteiger partial charge on any atom is 0.292 e. The normalized spacial score (nSPS) is 26.4. The Morgan fingerprint density at radius 3 is 2.84 bits per heavy atom. The highest BCUT2D eigenvalue weighted by atomic mass is 16.6. The Morgan fingerprint density at radius 1 is 1.37 bits per heavy atom. The van der Waals surface area contributed by atoms with Crippen LogP contribution in [0.1, 0.15) is 24.8 Å². The minimum Gasteiger partial charge on any atom is -0.376 e. The van der Waals surface area contributed by atoms with Crippen LogP contribution in [-0.2, 0) is 4.74 Å². The van der Waals surface area contributed by atoms with Crippen molar-refractivity contribution in [1.29, 1.82) is 0 Å². The molecule has 1 saturated heterocycles. The number of hydrogen-bond acceptors (Lipinski definition) is 4. The van der Waals surface area contributed by atoms with Crippen molar-refractivity contribution in [2.75, 3.05) is 11.9 Å². The van der Waals surface area contributed by atoms with Crippen molar-refractivity contribution >= 4 is 11.4 Å². The topological polar surface area (TPSA) is 64.4 Å². The third-order valence-electron chi connectivity index (χ3n) is 3.91. The number of nitrogens with zero attached hydrogens (tertiary/aromatic N) is 1. The lowest BCUT2D eigenvalue weighted by Gasteiger charge is -2.20. The quantitative estimate of drug-likeness (QED) is 0.669. The van der Waals surface area contributed by atoms with Crippen molar-refractivity contribution in [3.63, 3.8) is 0 Å². The molecule has 0 spiro atoms. The fourth-order valence-electron chi connectivity index (χ4n) is 2.78. The minimum absolute atomic E-state index is 0.145. The first-order chi connectivity index (χ1) is 9.15. The Bertz CT molecular complexity index is 499. The van der Waals surface area contributed by atoms with Gasteiger partial charge >= 0.3 is 0 Å². The van der Waals surface area contributed by atoms with Crippen LogP contribution in [-0.4, -0.2) is 23.7 Å². The highest BCUT2D eigenvalue weighted by molar-refractivity contribution is 5.63. The molecule has 1 aromatic rings. The summed E-state index contributed by atoms with van der Waals surface area (Å²) in [6.45, 7) is 2.69. The van der Waals surface area contributed by atoms with Gasteiger partial charge < -0.3 is 10.1 Å². The highest BCUT2D eigenvalue weighted by Gasteiger charge is 2.41. The van der Waals surface area contributed by atoms with Crippen LogP contribution in [0.2, 0.25) is 0 Å². The first kappa shape index (κ1) is 12.4. The van der Waals surface area contributed by atoms with Crippen LogP contribution < -0.4 is 5.32 Å². The number of hydrogen-bond donors (Lipinski definition) is 1. The van der Waals surface area contributed by atoms with E-state index in [-0.39, 0.29) is 22.8 Å². The zero-order valence-corrected chi connectivity index (χ0v) is 11.0. The lowest BCUT2D eigenvalue weighted by Crippen LogP contribution is -2.31. The third kappa shape index (κ3) is 2.56. The molecule has 1 heterocycles. The summed E-state index contributed by atoms with van der Waals surface area (Å²) in [7, 11) is 0. The van der Waals surface area contributed by atoms with E-state index in [2.05, 4.69) is 5.32 Å². The van der Waals surface area contributed by atoms with E-state index < -0.39 is 0 Å². The van der Waals surface area contributed by atoms with Crippen LogP contribution in [0, 0.1) is 23.0 Å². The van der Waals surface area contributed by atoms with E-state index in [1.807, 2.05) is 13.0 Å². The summed E-state index contributed by atoms with van der Waals surface area (Å²) in [5, 5.41) is 14.4. The van der Waals surface area contributed by atoms with Gasteiger partial charge in [0.1, 0.15) is 5.69 Å². The molecule has 0 bridgehead atoms. The Balaban J connectivity index is 1.81. The number of anilines is 1. The molecule has 1 saturated carbocycles. The van der Waals surface area contributed by atoms with Crippen molar-refractivity contribution in [2.45, 2.75) is 38.3 Å². The van der Waals surface area contributed by atoms with Crippen molar-refractivity contribution in [3.05, 3.63) is 33.9 Å². The second-order valence-corrected chi connectivity index (χ2v) is 5.49. The number of nitro benzene ring substituents is 1. The van der Waals surface area contributed by atoms with E-state index in [4.69, 9.17) is 4.74 Å². The van der Waals surface area contributed by atoms with Crippen molar-refractivity contribution in [2.24, 2.45) is 5.92 Å². The molecular formula is C14H18N2O3. The molecule has 1 N–H and O–H groups in total. The number of benzene rings is 1. The van der Waals surface area contributed by atoms with E-state index >= 15 is 0 Å². The average molecular weight is 262 g/mol. The van der Waals surface area contributed by atoms with Gasteiger partial charge in [-0.15, -0.1) is 0 Å². The Labute approximate surface area is 112 Å². The Kier molecular flexibility index (Phi) is 3.14. The fraction of sp³-hybridized carbons (Fsp3) is 0.571. The van der Waals surface area contributed by atoms with E-state index in [0.717, 1.165) is 18.6 Å². The second-order valence-electron chi connectivity index (χ2n) is 5.49. The second kappa shape index (κ2) is 4.81. The maximum atomic E-state index is 11.1. The molecule has 102 valence electrons. The standard InChI is InChI=1S/C14H18N2O3/c1-9-2-5-13(16(17)18)12(8-9)15-11-6-7-19-14(11)10-3-4-10/h2,5,8,10-11,14-15H,3-4,6-7H2,1H3. The lowest BCUT2D eigenvalue weighted by molar-refractivity contribution is -0.384. The van der Waals surface area contributed by atoms with Crippen LogP contribution in [0.25, 0.3) is 0 Å². The molecule has 2 aliphatic rings. The fourth-order valence-corrected chi connectivity index (χ4v) is 2.78. The molecular weight excluding hydrogens is 244 g/mol. The first-order valence-electron chi connectivity index (χ1n) is 6.78. The maximum absolute atomic E-state index is 11.1. The highest BCUT2D eigenvalue weighted by Crippen LogP contribution is 2.40. The predicted octanol–water partition coefficient (Wildman–Crippen LogP) is 2.88. The number of ether oxygens (including phenoxy) is 1. The van der Waals surface area contributed by atoms with Gasteiger partial charge in [-0.3, -0.25) is 10.1 Å². The lowest BCUT2D eigenvalue weighted by atomic mass is 10.1.